The Labute approximate surface area is 109 Å². The summed E-state index contributed by atoms with van der Waals surface area (Å²) in [6, 6.07) is 1.85. The zero-order valence-corrected chi connectivity index (χ0v) is 11.9. The average molecular weight is 252 g/mol. The Morgan fingerprint density at radius 2 is 2.17 bits per heavy atom. The lowest BCUT2D eigenvalue weighted by Crippen LogP contribution is -2.33. The lowest BCUT2D eigenvalue weighted by atomic mass is 9.84. The molecule has 0 aliphatic carbocycles. The van der Waals surface area contributed by atoms with Gasteiger partial charge in [0.15, 0.2) is 0 Å². The largest absolute Gasteiger partial charge is 0.330 e. The van der Waals surface area contributed by atoms with Gasteiger partial charge in [0.1, 0.15) is 5.82 Å². The van der Waals surface area contributed by atoms with E-state index in [1.165, 1.54) is 0 Å². The predicted molar refractivity (Wildman–Crippen MR) is 73.2 cm³/mol. The second kappa shape index (κ2) is 5.52. The predicted octanol–water partition coefficient (Wildman–Crippen LogP) is 1.68. The first-order valence-electron chi connectivity index (χ1n) is 6.24. The number of anilines is 1. The standard InChI is InChI=1S/C13H24N4O/c1-9-6-11(17(5)16-9)15-12(18)10(8-14)7-13(2,3)4/h6,10H,7-8,14H2,1-5H3,(H,15,18). The molecule has 0 spiro atoms. The topological polar surface area (TPSA) is 72.9 Å². The van der Waals surface area contributed by atoms with Gasteiger partial charge in [-0.3, -0.25) is 9.48 Å². The van der Waals surface area contributed by atoms with E-state index in [2.05, 4.69) is 31.2 Å². The maximum absolute atomic E-state index is 12.2. The van der Waals surface area contributed by atoms with Crippen LogP contribution in [0.3, 0.4) is 0 Å². The zero-order valence-electron chi connectivity index (χ0n) is 11.9. The molecule has 18 heavy (non-hydrogen) atoms. The first-order chi connectivity index (χ1) is 8.23. The molecule has 0 bridgehead atoms. The van der Waals surface area contributed by atoms with Crippen LogP contribution in [0.4, 0.5) is 5.82 Å². The molecule has 0 aromatic carbocycles. The first kappa shape index (κ1) is 14.7. The molecule has 1 amide bonds. The van der Waals surface area contributed by atoms with Crippen LogP contribution in [0, 0.1) is 18.3 Å². The lowest BCUT2D eigenvalue weighted by molar-refractivity contribution is -0.120. The van der Waals surface area contributed by atoms with E-state index in [0.29, 0.717) is 12.4 Å². The number of aromatic nitrogens is 2. The van der Waals surface area contributed by atoms with E-state index in [-0.39, 0.29) is 17.2 Å². The molecule has 0 aliphatic rings. The minimum Gasteiger partial charge on any atom is -0.330 e. The van der Waals surface area contributed by atoms with Gasteiger partial charge in [-0.15, -0.1) is 0 Å². The molecule has 1 aromatic heterocycles. The lowest BCUT2D eigenvalue weighted by Gasteiger charge is -2.24. The molecule has 0 aliphatic heterocycles. The van der Waals surface area contributed by atoms with Gasteiger partial charge in [0, 0.05) is 19.7 Å². The van der Waals surface area contributed by atoms with Gasteiger partial charge in [0.2, 0.25) is 5.91 Å². The molecular weight excluding hydrogens is 228 g/mol. The van der Waals surface area contributed by atoms with E-state index < -0.39 is 0 Å². The van der Waals surface area contributed by atoms with Crippen molar-refractivity contribution in [1.82, 2.24) is 9.78 Å². The Morgan fingerprint density at radius 1 is 1.56 bits per heavy atom. The molecule has 102 valence electrons. The molecule has 1 rings (SSSR count). The summed E-state index contributed by atoms with van der Waals surface area (Å²) in [7, 11) is 1.81. The van der Waals surface area contributed by atoms with Crippen LogP contribution < -0.4 is 11.1 Å². The van der Waals surface area contributed by atoms with Crippen LogP contribution >= 0.6 is 0 Å². The van der Waals surface area contributed by atoms with Crippen LogP contribution in [-0.2, 0) is 11.8 Å². The Hall–Kier alpha value is -1.36. The summed E-state index contributed by atoms with van der Waals surface area (Å²) in [6.45, 7) is 8.58. The van der Waals surface area contributed by atoms with Gasteiger partial charge in [0.25, 0.3) is 0 Å². The molecule has 0 radical (unpaired) electrons. The smallest absolute Gasteiger partial charge is 0.229 e. The summed E-state index contributed by atoms with van der Waals surface area (Å²) >= 11 is 0. The van der Waals surface area contributed by atoms with E-state index in [1.54, 1.807) is 4.68 Å². The van der Waals surface area contributed by atoms with Crippen LogP contribution in [0.15, 0.2) is 6.07 Å². The molecule has 3 N–H and O–H groups in total. The molecule has 0 fully saturated rings. The molecule has 1 atom stereocenters. The van der Waals surface area contributed by atoms with Gasteiger partial charge in [-0.25, -0.2) is 0 Å². The normalized spacial score (nSPS) is 13.4. The van der Waals surface area contributed by atoms with Crippen molar-refractivity contribution >= 4 is 11.7 Å². The second-order valence-electron chi connectivity index (χ2n) is 5.98. The Morgan fingerprint density at radius 3 is 2.56 bits per heavy atom. The van der Waals surface area contributed by atoms with E-state index in [1.807, 2.05) is 20.0 Å². The van der Waals surface area contributed by atoms with Gasteiger partial charge in [-0.1, -0.05) is 20.8 Å². The number of rotatable bonds is 4. The Kier molecular flexibility index (Phi) is 4.51. The number of nitrogens with one attached hydrogen (secondary N) is 1. The van der Waals surface area contributed by atoms with Crippen molar-refractivity contribution in [2.24, 2.45) is 24.1 Å². The maximum atomic E-state index is 12.2. The summed E-state index contributed by atoms with van der Waals surface area (Å²) in [6.07, 6.45) is 0.770. The van der Waals surface area contributed by atoms with E-state index in [4.69, 9.17) is 5.73 Å². The Balaban J connectivity index is 2.71. The molecular formula is C13H24N4O. The fourth-order valence-electron chi connectivity index (χ4n) is 1.98. The molecule has 5 heteroatoms. The number of nitrogens with two attached hydrogens (primary N) is 1. The van der Waals surface area contributed by atoms with Gasteiger partial charge in [0.05, 0.1) is 11.6 Å². The second-order valence-corrected chi connectivity index (χ2v) is 5.98. The average Bonchev–Trinajstić information content (AvgIpc) is 2.52. The Bertz CT molecular complexity index is 417. The van der Waals surface area contributed by atoms with Crippen LogP contribution in [0.25, 0.3) is 0 Å². The van der Waals surface area contributed by atoms with Crippen LogP contribution in [0.5, 0.6) is 0 Å². The quantitative estimate of drug-likeness (QED) is 0.856. The third kappa shape index (κ3) is 4.14. The number of nitrogens with zero attached hydrogens (tertiary/aromatic N) is 2. The zero-order chi connectivity index (χ0) is 13.9. The molecule has 5 nitrogen and oxygen atoms in total. The number of amides is 1. The fourth-order valence-corrected chi connectivity index (χ4v) is 1.98. The minimum atomic E-state index is -0.166. The van der Waals surface area contributed by atoms with Crippen molar-refractivity contribution in [3.8, 4) is 0 Å². The van der Waals surface area contributed by atoms with Crippen LogP contribution in [-0.4, -0.2) is 22.2 Å². The molecule has 1 heterocycles. The number of aryl methyl sites for hydroxylation is 2. The summed E-state index contributed by atoms with van der Waals surface area (Å²) < 4.78 is 1.66. The number of carbonyl (C=O) groups excluding carboxylic acids is 1. The van der Waals surface area contributed by atoms with Crippen molar-refractivity contribution in [2.45, 2.75) is 34.1 Å². The van der Waals surface area contributed by atoms with E-state index >= 15 is 0 Å². The summed E-state index contributed by atoms with van der Waals surface area (Å²) in [5.74, 6) is 0.514. The van der Waals surface area contributed by atoms with Crippen molar-refractivity contribution < 1.29 is 4.79 Å². The van der Waals surface area contributed by atoms with Crippen LogP contribution in [0.1, 0.15) is 32.9 Å². The highest BCUT2D eigenvalue weighted by Gasteiger charge is 2.24. The number of hydrogen-bond donors (Lipinski definition) is 2. The summed E-state index contributed by atoms with van der Waals surface area (Å²) in [5.41, 5.74) is 6.66. The number of carbonyl (C=O) groups is 1. The monoisotopic (exact) mass is 252 g/mol. The summed E-state index contributed by atoms with van der Waals surface area (Å²) in [4.78, 5) is 12.2. The van der Waals surface area contributed by atoms with E-state index in [9.17, 15) is 4.79 Å². The SMILES string of the molecule is Cc1cc(NC(=O)C(CN)CC(C)(C)C)n(C)n1. The van der Waals surface area contributed by atoms with Gasteiger partial charge in [-0.05, 0) is 18.8 Å². The summed E-state index contributed by atoms with van der Waals surface area (Å²) in [5, 5.41) is 7.08. The van der Waals surface area contributed by atoms with Gasteiger partial charge >= 0.3 is 0 Å². The molecule has 0 saturated heterocycles. The fraction of sp³-hybridized carbons (Fsp3) is 0.692. The number of hydrogen-bond acceptors (Lipinski definition) is 3. The molecule has 1 unspecified atom stereocenters. The first-order valence-corrected chi connectivity index (χ1v) is 6.24. The highest BCUT2D eigenvalue weighted by Crippen LogP contribution is 2.24. The van der Waals surface area contributed by atoms with Gasteiger partial charge in [-0.2, -0.15) is 5.10 Å². The van der Waals surface area contributed by atoms with Crippen LogP contribution in [0.2, 0.25) is 0 Å². The van der Waals surface area contributed by atoms with Crippen molar-refractivity contribution in [3.63, 3.8) is 0 Å². The highest BCUT2D eigenvalue weighted by molar-refractivity contribution is 5.92. The maximum Gasteiger partial charge on any atom is 0.229 e. The van der Waals surface area contributed by atoms with E-state index in [0.717, 1.165) is 12.1 Å². The molecule has 1 aromatic rings. The van der Waals surface area contributed by atoms with Gasteiger partial charge < -0.3 is 11.1 Å². The third-order valence-corrected chi connectivity index (χ3v) is 2.77. The minimum absolute atomic E-state index is 0.0320. The van der Waals surface area contributed by atoms with Crippen molar-refractivity contribution in [2.75, 3.05) is 11.9 Å². The highest BCUT2D eigenvalue weighted by atomic mass is 16.2. The van der Waals surface area contributed by atoms with Crippen molar-refractivity contribution in [3.05, 3.63) is 11.8 Å². The third-order valence-electron chi connectivity index (χ3n) is 2.77. The van der Waals surface area contributed by atoms with Crippen molar-refractivity contribution in [1.29, 1.82) is 0 Å². The molecule has 0 saturated carbocycles.